The Bertz CT molecular complexity index is 956. The third kappa shape index (κ3) is 3.51. The lowest BCUT2D eigenvalue weighted by Crippen LogP contribution is -2.06. The highest BCUT2D eigenvalue weighted by Gasteiger charge is 2.13. The van der Waals surface area contributed by atoms with Crippen LogP contribution in [0, 0.1) is 11.3 Å². The van der Waals surface area contributed by atoms with E-state index in [1.165, 1.54) is 7.11 Å². The van der Waals surface area contributed by atoms with Crippen LogP contribution in [0.5, 0.6) is 0 Å². The lowest BCUT2D eigenvalue weighted by atomic mass is 9.93. The number of esters is 1. The molecule has 0 amide bonds. The first-order chi connectivity index (χ1) is 12.1. The predicted octanol–water partition coefficient (Wildman–Crippen LogP) is 4.44. The molecule has 0 saturated heterocycles. The summed E-state index contributed by atoms with van der Waals surface area (Å²) in [5.41, 5.74) is 3.73. The van der Waals surface area contributed by atoms with E-state index in [0.29, 0.717) is 12.0 Å². The van der Waals surface area contributed by atoms with Crippen LogP contribution in [-0.4, -0.2) is 18.1 Å². The number of hydrogen-bond acceptors (Lipinski definition) is 4. The summed E-state index contributed by atoms with van der Waals surface area (Å²) in [6, 6.07) is 15.8. The Morgan fingerprint density at radius 2 is 1.96 bits per heavy atom. The number of nitriles is 1. The first-order valence-corrected chi connectivity index (χ1v) is 8.07. The zero-order valence-electron chi connectivity index (χ0n) is 14.2. The largest absolute Gasteiger partial charge is 0.469 e. The second-order valence-electron chi connectivity index (χ2n) is 6.04. The molecular weight excluding hydrogens is 312 g/mol. The van der Waals surface area contributed by atoms with Crippen molar-refractivity contribution in [3.05, 3.63) is 66.0 Å². The molecule has 1 heterocycles. The first-order valence-electron chi connectivity index (χ1n) is 8.07. The summed E-state index contributed by atoms with van der Waals surface area (Å²) in [6.45, 7) is 2.01. The van der Waals surface area contributed by atoms with Crippen molar-refractivity contribution in [3.8, 4) is 17.2 Å². The zero-order valence-corrected chi connectivity index (χ0v) is 14.2. The van der Waals surface area contributed by atoms with E-state index in [1.807, 2.05) is 43.6 Å². The molecule has 0 N–H and O–H groups in total. The maximum atomic E-state index is 11.5. The summed E-state index contributed by atoms with van der Waals surface area (Å²) < 4.78 is 4.77. The highest BCUT2D eigenvalue weighted by atomic mass is 16.5. The van der Waals surface area contributed by atoms with Crippen molar-refractivity contribution in [1.29, 1.82) is 5.26 Å². The molecule has 0 radical (unpaired) electrons. The van der Waals surface area contributed by atoms with E-state index in [4.69, 9.17) is 10.00 Å². The molecule has 3 aromatic rings. The molecule has 1 unspecified atom stereocenters. The number of ether oxygens (including phenoxy) is 1. The lowest BCUT2D eigenvalue weighted by molar-refractivity contribution is -0.140. The second kappa shape index (κ2) is 7.14. The molecule has 2 aromatic carbocycles. The van der Waals surface area contributed by atoms with Crippen molar-refractivity contribution >= 4 is 16.7 Å². The molecule has 25 heavy (non-hydrogen) atoms. The third-order valence-electron chi connectivity index (χ3n) is 4.38. The van der Waals surface area contributed by atoms with Gasteiger partial charge in [-0.1, -0.05) is 37.3 Å². The molecule has 1 atom stereocenters. The Morgan fingerprint density at radius 1 is 1.20 bits per heavy atom. The smallest absolute Gasteiger partial charge is 0.306 e. The number of rotatable bonds is 4. The molecule has 0 aliphatic heterocycles. The van der Waals surface area contributed by atoms with Gasteiger partial charge in [-0.2, -0.15) is 5.26 Å². The fraction of sp³-hybridized carbons (Fsp3) is 0.190. The number of pyridine rings is 1. The van der Waals surface area contributed by atoms with Crippen LogP contribution < -0.4 is 0 Å². The highest BCUT2D eigenvalue weighted by molar-refractivity contribution is 5.96. The number of nitrogens with zero attached hydrogens (tertiary/aromatic N) is 2. The van der Waals surface area contributed by atoms with Gasteiger partial charge in [-0.05, 0) is 34.6 Å². The SMILES string of the molecule is COC(=O)CC(C)c1ccc2cncc(-c3ccc(C#N)cc3)c2c1. The summed E-state index contributed by atoms with van der Waals surface area (Å²) in [5, 5.41) is 11.1. The molecule has 0 aliphatic carbocycles. The monoisotopic (exact) mass is 330 g/mol. The van der Waals surface area contributed by atoms with Crippen LogP contribution in [0.3, 0.4) is 0 Å². The second-order valence-corrected chi connectivity index (χ2v) is 6.04. The average Bonchev–Trinajstić information content (AvgIpc) is 2.67. The number of carbonyl (C=O) groups is 1. The Labute approximate surface area is 146 Å². The summed E-state index contributed by atoms with van der Waals surface area (Å²) in [4.78, 5) is 15.9. The molecule has 0 spiro atoms. The predicted molar refractivity (Wildman–Crippen MR) is 96.9 cm³/mol. The van der Waals surface area contributed by atoms with Crippen LogP contribution in [0.15, 0.2) is 54.9 Å². The molecular formula is C21H18N2O2. The normalized spacial score (nSPS) is 11.7. The van der Waals surface area contributed by atoms with E-state index in [0.717, 1.165) is 27.5 Å². The fourth-order valence-corrected chi connectivity index (χ4v) is 2.89. The van der Waals surface area contributed by atoms with E-state index in [1.54, 1.807) is 12.1 Å². The summed E-state index contributed by atoms with van der Waals surface area (Å²) in [6.07, 6.45) is 4.01. The Morgan fingerprint density at radius 3 is 2.64 bits per heavy atom. The van der Waals surface area contributed by atoms with E-state index in [2.05, 4.69) is 17.1 Å². The van der Waals surface area contributed by atoms with Crippen molar-refractivity contribution in [2.24, 2.45) is 0 Å². The molecule has 4 heteroatoms. The Balaban J connectivity index is 2.05. The van der Waals surface area contributed by atoms with Gasteiger partial charge in [-0.15, -0.1) is 0 Å². The summed E-state index contributed by atoms with van der Waals surface area (Å²) in [5.74, 6) is -0.145. The molecule has 0 fully saturated rings. The van der Waals surface area contributed by atoms with E-state index in [-0.39, 0.29) is 11.9 Å². The minimum absolute atomic E-state index is 0.0684. The molecule has 0 aliphatic rings. The van der Waals surface area contributed by atoms with E-state index < -0.39 is 0 Å². The minimum atomic E-state index is -0.213. The number of carbonyl (C=O) groups excluding carboxylic acids is 1. The van der Waals surface area contributed by atoms with Gasteiger partial charge in [0.15, 0.2) is 0 Å². The van der Waals surface area contributed by atoms with Crippen LogP contribution in [-0.2, 0) is 9.53 Å². The van der Waals surface area contributed by atoms with Crippen molar-refractivity contribution in [2.75, 3.05) is 7.11 Å². The van der Waals surface area contributed by atoms with Gasteiger partial charge in [-0.25, -0.2) is 0 Å². The number of fused-ring (bicyclic) bond motifs is 1. The Hall–Kier alpha value is -3.19. The quantitative estimate of drug-likeness (QED) is 0.663. The summed E-state index contributed by atoms with van der Waals surface area (Å²) in [7, 11) is 1.41. The van der Waals surface area contributed by atoms with Crippen molar-refractivity contribution < 1.29 is 9.53 Å². The highest BCUT2D eigenvalue weighted by Crippen LogP contribution is 2.31. The van der Waals surface area contributed by atoms with Gasteiger partial charge in [0.25, 0.3) is 0 Å². The van der Waals surface area contributed by atoms with Crippen molar-refractivity contribution in [2.45, 2.75) is 19.3 Å². The minimum Gasteiger partial charge on any atom is -0.469 e. The van der Waals surface area contributed by atoms with E-state index in [9.17, 15) is 4.79 Å². The first kappa shape index (κ1) is 16.7. The van der Waals surface area contributed by atoms with Crippen LogP contribution in [0.2, 0.25) is 0 Å². The molecule has 4 nitrogen and oxygen atoms in total. The average molecular weight is 330 g/mol. The van der Waals surface area contributed by atoms with Crippen LogP contribution in [0.25, 0.3) is 21.9 Å². The molecule has 0 saturated carbocycles. The lowest BCUT2D eigenvalue weighted by Gasteiger charge is -2.13. The maximum absolute atomic E-state index is 11.5. The number of hydrogen-bond donors (Lipinski definition) is 0. The van der Waals surface area contributed by atoms with Gasteiger partial charge in [0.1, 0.15) is 0 Å². The van der Waals surface area contributed by atoms with Crippen LogP contribution in [0.4, 0.5) is 0 Å². The van der Waals surface area contributed by atoms with Crippen LogP contribution in [0.1, 0.15) is 30.4 Å². The van der Waals surface area contributed by atoms with Gasteiger partial charge >= 0.3 is 5.97 Å². The topological polar surface area (TPSA) is 63.0 Å². The third-order valence-corrected chi connectivity index (χ3v) is 4.38. The number of methoxy groups -OCH3 is 1. The van der Waals surface area contributed by atoms with Gasteiger partial charge in [0, 0.05) is 23.3 Å². The van der Waals surface area contributed by atoms with Gasteiger partial charge < -0.3 is 4.74 Å². The van der Waals surface area contributed by atoms with Crippen LogP contribution >= 0.6 is 0 Å². The van der Waals surface area contributed by atoms with Gasteiger partial charge in [-0.3, -0.25) is 9.78 Å². The van der Waals surface area contributed by atoms with Crippen molar-refractivity contribution in [1.82, 2.24) is 4.98 Å². The summed E-state index contributed by atoms with van der Waals surface area (Å²) >= 11 is 0. The Kier molecular flexibility index (Phi) is 4.76. The molecule has 1 aromatic heterocycles. The maximum Gasteiger partial charge on any atom is 0.306 e. The number of aromatic nitrogens is 1. The van der Waals surface area contributed by atoms with Crippen molar-refractivity contribution in [3.63, 3.8) is 0 Å². The molecule has 0 bridgehead atoms. The molecule has 124 valence electrons. The standard InChI is InChI=1S/C21H18N2O2/c1-14(9-21(24)25-2)17-7-8-18-12-23-13-20(19(18)10-17)16-5-3-15(11-22)4-6-16/h3-8,10,12-14H,9H2,1-2H3. The zero-order chi connectivity index (χ0) is 17.8. The van der Waals surface area contributed by atoms with Gasteiger partial charge in [0.2, 0.25) is 0 Å². The number of benzene rings is 2. The molecule has 3 rings (SSSR count). The van der Waals surface area contributed by atoms with E-state index >= 15 is 0 Å². The van der Waals surface area contributed by atoms with Gasteiger partial charge in [0.05, 0.1) is 25.2 Å². The fourth-order valence-electron chi connectivity index (χ4n) is 2.89.